The number of nitrogens with two attached hydrogens (primary N) is 1. The van der Waals surface area contributed by atoms with Crippen LogP contribution in [0.1, 0.15) is 12.5 Å². The van der Waals surface area contributed by atoms with Crippen LogP contribution >= 0.6 is 0 Å². The van der Waals surface area contributed by atoms with E-state index in [2.05, 4.69) is 98.4 Å². The smallest absolute Gasteiger partial charge is 0.0314 e. The lowest BCUT2D eigenvalue weighted by atomic mass is 9.85. The van der Waals surface area contributed by atoms with Crippen LogP contribution in [-0.4, -0.2) is 0 Å². The molecule has 0 fully saturated rings. The Morgan fingerprint density at radius 1 is 0.600 bits per heavy atom. The van der Waals surface area contributed by atoms with Crippen LogP contribution in [0.25, 0.3) is 49.4 Å². The van der Waals surface area contributed by atoms with Gasteiger partial charge in [-0.25, -0.2) is 0 Å². The highest BCUT2D eigenvalue weighted by Gasteiger charge is 2.16. The standard InChI is InChI=1S/C29H23N/c1-19(2)21-8-7-9-22(18-21)29-26-12-5-3-10-24(26)28(20-14-16-23(30)17-15-20)25-11-4-6-13-27(25)29/h3-18H,1,30H2,2H3. The first-order chi connectivity index (χ1) is 14.6. The number of rotatable bonds is 3. The van der Waals surface area contributed by atoms with Gasteiger partial charge in [-0.1, -0.05) is 91.0 Å². The van der Waals surface area contributed by atoms with Crippen LogP contribution in [0.2, 0.25) is 0 Å². The van der Waals surface area contributed by atoms with Crippen molar-refractivity contribution in [1.82, 2.24) is 0 Å². The molecular formula is C29H23N. The molecule has 0 aliphatic heterocycles. The molecule has 5 aromatic rings. The van der Waals surface area contributed by atoms with Crippen LogP contribution in [0.15, 0.2) is 104 Å². The Balaban J connectivity index is 1.94. The summed E-state index contributed by atoms with van der Waals surface area (Å²) < 4.78 is 0. The molecule has 1 heteroatoms. The van der Waals surface area contributed by atoms with Crippen molar-refractivity contribution in [2.45, 2.75) is 6.92 Å². The van der Waals surface area contributed by atoms with Crippen molar-refractivity contribution >= 4 is 32.8 Å². The minimum absolute atomic E-state index is 0.778. The van der Waals surface area contributed by atoms with Crippen LogP contribution in [0.3, 0.4) is 0 Å². The number of nitrogen functional groups attached to an aromatic ring is 1. The number of anilines is 1. The summed E-state index contributed by atoms with van der Waals surface area (Å²) in [5.74, 6) is 0. The second kappa shape index (κ2) is 7.20. The summed E-state index contributed by atoms with van der Waals surface area (Å²) in [7, 11) is 0. The van der Waals surface area contributed by atoms with Crippen LogP contribution in [-0.2, 0) is 0 Å². The van der Waals surface area contributed by atoms with E-state index >= 15 is 0 Å². The summed E-state index contributed by atoms with van der Waals surface area (Å²) in [6.07, 6.45) is 0. The predicted octanol–water partition coefficient (Wildman–Crippen LogP) is 7.94. The van der Waals surface area contributed by atoms with Crippen molar-refractivity contribution in [3.05, 3.63) is 109 Å². The highest BCUT2D eigenvalue weighted by Crippen LogP contribution is 2.43. The third-order valence-corrected chi connectivity index (χ3v) is 5.77. The minimum atomic E-state index is 0.778. The monoisotopic (exact) mass is 385 g/mol. The van der Waals surface area contributed by atoms with Crippen molar-refractivity contribution < 1.29 is 0 Å². The van der Waals surface area contributed by atoms with E-state index in [4.69, 9.17) is 5.73 Å². The Morgan fingerprint density at radius 3 is 1.60 bits per heavy atom. The molecule has 0 aliphatic carbocycles. The van der Waals surface area contributed by atoms with Gasteiger partial charge >= 0.3 is 0 Å². The number of benzene rings is 5. The van der Waals surface area contributed by atoms with Gasteiger partial charge in [0.25, 0.3) is 0 Å². The van der Waals surface area contributed by atoms with E-state index in [0.29, 0.717) is 0 Å². The first kappa shape index (κ1) is 18.2. The molecule has 0 radical (unpaired) electrons. The van der Waals surface area contributed by atoms with Crippen LogP contribution in [0.5, 0.6) is 0 Å². The summed E-state index contributed by atoms with van der Waals surface area (Å²) in [6, 6.07) is 34.3. The molecule has 0 bridgehead atoms. The second-order valence-electron chi connectivity index (χ2n) is 7.82. The largest absolute Gasteiger partial charge is 0.399 e. The number of hydrogen-bond acceptors (Lipinski definition) is 1. The summed E-state index contributed by atoms with van der Waals surface area (Å²) in [6.45, 7) is 6.19. The Hall–Kier alpha value is -3.84. The summed E-state index contributed by atoms with van der Waals surface area (Å²) in [4.78, 5) is 0. The van der Waals surface area contributed by atoms with Gasteiger partial charge in [0.15, 0.2) is 0 Å². The van der Waals surface area contributed by atoms with Crippen LogP contribution in [0, 0.1) is 0 Å². The summed E-state index contributed by atoms with van der Waals surface area (Å²) in [5.41, 5.74) is 13.9. The highest BCUT2D eigenvalue weighted by molar-refractivity contribution is 6.21. The van der Waals surface area contributed by atoms with E-state index in [9.17, 15) is 0 Å². The molecule has 0 unspecified atom stereocenters. The van der Waals surface area contributed by atoms with E-state index in [0.717, 1.165) is 11.3 Å². The molecule has 0 amide bonds. The van der Waals surface area contributed by atoms with Crippen molar-refractivity contribution in [3.63, 3.8) is 0 Å². The van der Waals surface area contributed by atoms with Gasteiger partial charge in [0, 0.05) is 5.69 Å². The van der Waals surface area contributed by atoms with Crippen molar-refractivity contribution in [2.75, 3.05) is 5.73 Å². The van der Waals surface area contributed by atoms with Crippen LogP contribution < -0.4 is 5.73 Å². The van der Waals surface area contributed by atoms with Gasteiger partial charge in [-0.3, -0.25) is 0 Å². The fraction of sp³-hybridized carbons (Fsp3) is 0.0345. The zero-order chi connectivity index (χ0) is 20.7. The fourth-order valence-corrected chi connectivity index (χ4v) is 4.34. The van der Waals surface area contributed by atoms with Gasteiger partial charge in [-0.15, -0.1) is 0 Å². The van der Waals surface area contributed by atoms with E-state index < -0.39 is 0 Å². The molecule has 0 aliphatic rings. The fourth-order valence-electron chi connectivity index (χ4n) is 4.34. The third-order valence-electron chi connectivity index (χ3n) is 5.77. The lowest BCUT2D eigenvalue weighted by Crippen LogP contribution is -1.92. The average Bonchev–Trinajstić information content (AvgIpc) is 2.78. The molecule has 0 atom stereocenters. The Kier molecular flexibility index (Phi) is 4.37. The lowest BCUT2D eigenvalue weighted by Gasteiger charge is -2.18. The van der Waals surface area contributed by atoms with Crippen molar-refractivity contribution in [2.24, 2.45) is 0 Å². The molecule has 0 saturated heterocycles. The van der Waals surface area contributed by atoms with E-state index in [1.54, 1.807) is 0 Å². The topological polar surface area (TPSA) is 26.0 Å². The maximum Gasteiger partial charge on any atom is 0.0314 e. The molecule has 1 nitrogen and oxygen atoms in total. The maximum absolute atomic E-state index is 5.96. The zero-order valence-corrected chi connectivity index (χ0v) is 17.0. The molecule has 5 rings (SSSR count). The van der Waals surface area contributed by atoms with Gasteiger partial charge in [0.1, 0.15) is 0 Å². The Bertz CT molecular complexity index is 1350. The molecule has 144 valence electrons. The number of hydrogen-bond donors (Lipinski definition) is 1. The summed E-state index contributed by atoms with van der Waals surface area (Å²) >= 11 is 0. The second-order valence-corrected chi connectivity index (χ2v) is 7.82. The number of allylic oxidation sites excluding steroid dienone is 1. The molecule has 2 N–H and O–H groups in total. The van der Waals surface area contributed by atoms with E-state index in [1.165, 1.54) is 49.4 Å². The predicted molar refractivity (Wildman–Crippen MR) is 131 cm³/mol. The Labute approximate surface area is 177 Å². The average molecular weight is 386 g/mol. The van der Waals surface area contributed by atoms with Crippen molar-refractivity contribution in [1.29, 1.82) is 0 Å². The lowest BCUT2D eigenvalue weighted by molar-refractivity contribution is 1.57. The number of fused-ring (bicyclic) bond motifs is 2. The molecule has 0 heterocycles. The summed E-state index contributed by atoms with van der Waals surface area (Å²) in [5, 5.41) is 5.00. The van der Waals surface area contributed by atoms with Gasteiger partial charge < -0.3 is 5.73 Å². The highest BCUT2D eigenvalue weighted by atomic mass is 14.5. The molecule has 0 spiro atoms. The molecule has 5 aromatic carbocycles. The normalized spacial score (nSPS) is 11.1. The first-order valence-corrected chi connectivity index (χ1v) is 10.2. The molecular weight excluding hydrogens is 362 g/mol. The van der Waals surface area contributed by atoms with E-state index in [1.807, 2.05) is 12.1 Å². The van der Waals surface area contributed by atoms with E-state index in [-0.39, 0.29) is 0 Å². The molecule has 0 aromatic heterocycles. The van der Waals surface area contributed by atoms with Gasteiger partial charge in [-0.05, 0) is 74.5 Å². The first-order valence-electron chi connectivity index (χ1n) is 10.2. The van der Waals surface area contributed by atoms with Gasteiger partial charge in [0.05, 0.1) is 0 Å². The van der Waals surface area contributed by atoms with Crippen LogP contribution in [0.4, 0.5) is 5.69 Å². The zero-order valence-electron chi connectivity index (χ0n) is 17.0. The third kappa shape index (κ3) is 2.96. The van der Waals surface area contributed by atoms with Gasteiger partial charge in [-0.2, -0.15) is 0 Å². The SMILES string of the molecule is C=C(C)c1cccc(-c2c3ccccc3c(-c3ccc(N)cc3)c3ccccc23)c1. The molecule has 30 heavy (non-hydrogen) atoms. The minimum Gasteiger partial charge on any atom is -0.399 e. The quantitative estimate of drug-likeness (QED) is 0.247. The molecule has 0 saturated carbocycles. The van der Waals surface area contributed by atoms with Gasteiger partial charge in [0.2, 0.25) is 0 Å². The maximum atomic E-state index is 5.96. The Morgan fingerprint density at radius 2 is 1.10 bits per heavy atom. The van der Waals surface area contributed by atoms with Crippen molar-refractivity contribution in [3.8, 4) is 22.3 Å².